The van der Waals surface area contributed by atoms with Crippen molar-refractivity contribution in [2.24, 2.45) is 0 Å². The number of aryl methyl sites for hydroxylation is 1. The SMILES string of the molecule is Cc1ccc(C(C)C)c(OC2CCCC2O)c1. The standard InChI is InChI=1S/C15H22O2/c1-10(2)12-8-7-11(3)9-15(12)17-14-6-4-5-13(14)16/h7-10,13-14,16H,4-6H2,1-3H3. The van der Waals surface area contributed by atoms with E-state index in [-0.39, 0.29) is 12.2 Å². The van der Waals surface area contributed by atoms with Crippen molar-refractivity contribution in [3.8, 4) is 5.75 Å². The summed E-state index contributed by atoms with van der Waals surface area (Å²) < 4.78 is 6.01. The fraction of sp³-hybridized carbons (Fsp3) is 0.600. The molecule has 0 aliphatic heterocycles. The second-order valence-electron chi connectivity index (χ2n) is 5.35. The maximum atomic E-state index is 9.82. The molecule has 1 aliphatic rings. The van der Waals surface area contributed by atoms with Gasteiger partial charge in [-0.3, -0.25) is 0 Å². The Labute approximate surface area is 104 Å². The summed E-state index contributed by atoms with van der Waals surface area (Å²) in [7, 11) is 0. The van der Waals surface area contributed by atoms with Gasteiger partial charge in [0.2, 0.25) is 0 Å². The summed E-state index contributed by atoms with van der Waals surface area (Å²) in [5.74, 6) is 1.40. The van der Waals surface area contributed by atoms with Gasteiger partial charge in [0.15, 0.2) is 0 Å². The van der Waals surface area contributed by atoms with Crippen LogP contribution in [0.25, 0.3) is 0 Å². The van der Waals surface area contributed by atoms with E-state index in [0.29, 0.717) is 5.92 Å². The minimum Gasteiger partial charge on any atom is -0.487 e. The molecule has 0 aromatic heterocycles. The van der Waals surface area contributed by atoms with Crippen molar-refractivity contribution >= 4 is 0 Å². The van der Waals surface area contributed by atoms with Crippen LogP contribution in [0.5, 0.6) is 5.75 Å². The maximum Gasteiger partial charge on any atom is 0.124 e. The van der Waals surface area contributed by atoms with E-state index in [9.17, 15) is 5.11 Å². The number of rotatable bonds is 3. The second kappa shape index (κ2) is 5.09. The van der Waals surface area contributed by atoms with Crippen LogP contribution in [-0.2, 0) is 0 Å². The molecular formula is C15H22O2. The van der Waals surface area contributed by atoms with Crippen molar-refractivity contribution < 1.29 is 9.84 Å². The van der Waals surface area contributed by atoms with Crippen LogP contribution in [0.15, 0.2) is 18.2 Å². The molecule has 0 heterocycles. The molecule has 2 rings (SSSR count). The molecule has 17 heavy (non-hydrogen) atoms. The summed E-state index contributed by atoms with van der Waals surface area (Å²) in [6, 6.07) is 6.34. The number of hydrogen-bond donors (Lipinski definition) is 1. The highest BCUT2D eigenvalue weighted by atomic mass is 16.5. The Kier molecular flexibility index (Phi) is 3.72. The van der Waals surface area contributed by atoms with Crippen molar-refractivity contribution in [2.45, 2.75) is 58.2 Å². The van der Waals surface area contributed by atoms with Crippen LogP contribution in [0.1, 0.15) is 50.2 Å². The van der Waals surface area contributed by atoms with E-state index in [0.717, 1.165) is 25.0 Å². The van der Waals surface area contributed by atoms with Crippen molar-refractivity contribution in [2.75, 3.05) is 0 Å². The molecule has 2 atom stereocenters. The summed E-state index contributed by atoms with van der Waals surface area (Å²) in [4.78, 5) is 0. The van der Waals surface area contributed by atoms with Crippen molar-refractivity contribution in [3.63, 3.8) is 0 Å². The Morgan fingerprint density at radius 2 is 2.06 bits per heavy atom. The lowest BCUT2D eigenvalue weighted by Crippen LogP contribution is -2.26. The molecule has 94 valence electrons. The predicted octanol–water partition coefficient (Wildman–Crippen LogP) is 3.41. The quantitative estimate of drug-likeness (QED) is 0.868. The Balaban J connectivity index is 2.21. The van der Waals surface area contributed by atoms with Gasteiger partial charge in [-0.15, -0.1) is 0 Å². The lowest BCUT2D eigenvalue weighted by atomic mass is 10.0. The Bertz CT molecular complexity index is 385. The average molecular weight is 234 g/mol. The second-order valence-corrected chi connectivity index (χ2v) is 5.35. The molecule has 2 unspecified atom stereocenters. The van der Waals surface area contributed by atoms with E-state index < -0.39 is 0 Å². The molecule has 2 heteroatoms. The Morgan fingerprint density at radius 1 is 1.29 bits per heavy atom. The molecule has 0 spiro atoms. The molecule has 1 aliphatic carbocycles. The molecule has 1 saturated carbocycles. The normalized spacial score (nSPS) is 24.3. The predicted molar refractivity (Wildman–Crippen MR) is 69.5 cm³/mol. The van der Waals surface area contributed by atoms with E-state index in [1.54, 1.807) is 0 Å². The van der Waals surface area contributed by atoms with E-state index in [2.05, 4.69) is 39.0 Å². The van der Waals surface area contributed by atoms with Crippen LogP contribution in [0.3, 0.4) is 0 Å². The third-order valence-corrected chi connectivity index (χ3v) is 3.49. The summed E-state index contributed by atoms with van der Waals surface area (Å²) in [6.07, 6.45) is 2.58. The molecule has 1 N–H and O–H groups in total. The fourth-order valence-corrected chi connectivity index (χ4v) is 2.43. The minimum atomic E-state index is -0.296. The van der Waals surface area contributed by atoms with Crippen LogP contribution in [0, 0.1) is 6.92 Å². The van der Waals surface area contributed by atoms with E-state index >= 15 is 0 Å². The van der Waals surface area contributed by atoms with Gasteiger partial charge >= 0.3 is 0 Å². The molecular weight excluding hydrogens is 212 g/mol. The highest BCUT2D eigenvalue weighted by Gasteiger charge is 2.27. The lowest BCUT2D eigenvalue weighted by Gasteiger charge is -2.21. The summed E-state index contributed by atoms with van der Waals surface area (Å²) in [6.45, 7) is 6.41. The van der Waals surface area contributed by atoms with Crippen LogP contribution < -0.4 is 4.74 Å². The average Bonchev–Trinajstić information content (AvgIpc) is 2.64. The van der Waals surface area contributed by atoms with Gasteiger partial charge in [0.05, 0.1) is 6.10 Å². The summed E-state index contributed by atoms with van der Waals surface area (Å²) in [5.41, 5.74) is 2.44. The number of aliphatic hydroxyl groups excluding tert-OH is 1. The highest BCUT2D eigenvalue weighted by molar-refractivity contribution is 5.39. The van der Waals surface area contributed by atoms with Crippen LogP contribution >= 0.6 is 0 Å². The zero-order valence-electron chi connectivity index (χ0n) is 10.9. The zero-order chi connectivity index (χ0) is 12.4. The van der Waals surface area contributed by atoms with Crippen LogP contribution in [0.2, 0.25) is 0 Å². The topological polar surface area (TPSA) is 29.5 Å². The van der Waals surface area contributed by atoms with E-state index in [1.807, 2.05) is 0 Å². The van der Waals surface area contributed by atoms with Gasteiger partial charge in [-0.05, 0) is 49.3 Å². The highest BCUT2D eigenvalue weighted by Crippen LogP contribution is 2.31. The van der Waals surface area contributed by atoms with Gasteiger partial charge in [-0.25, -0.2) is 0 Å². The molecule has 2 nitrogen and oxygen atoms in total. The zero-order valence-corrected chi connectivity index (χ0v) is 10.9. The van der Waals surface area contributed by atoms with Gasteiger partial charge in [0.25, 0.3) is 0 Å². The van der Waals surface area contributed by atoms with Crippen LogP contribution in [0.4, 0.5) is 0 Å². The molecule has 1 fully saturated rings. The number of aliphatic hydroxyl groups is 1. The fourth-order valence-electron chi connectivity index (χ4n) is 2.43. The summed E-state index contributed by atoms with van der Waals surface area (Å²) in [5, 5.41) is 9.82. The van der Waals surface area contributed by atoms with Crippen molar-refractivity contribution in [3.05, 3.63) is 29.3 Å². The molecule has 1 aromatic carbocycles. The first-order valence-corrected chi connectivity index (χ1v) is 6.53. The first-order valence-electron chi connectivity index (χ1n) is 6.53. The van der Waals surface area contributed by atoms with Crippen molar-refractivity contribution in [1.82, 2.24) is 0 Å². The maximum absolute atomic E-state index is 9.82. The summed E-state index contributed by atoms with van der Waals surface area (Å²) >= 11 is 0. The minimum absolute atomic E-state index is 0.0192. The third-order valence-electron chi connectivity index (χ3n) is 3.49. The third kappa shape index (κ3) is 2.81. The van der Waals surface area contributed by atoms with Gasteiger partial charge < -0.3 is 9.84 Å². The molecule has 1 aromatic rings. The molecule has 0 radical (unpaired) electrons. The Morgan fingerprint density at radius 3 is 2.65 bits per heavy atom. The molecule has 0 amide bonds. The van der Waals surface area contributed by atoms with Gasteiger partial charge in [-0.2, -0.15) is 0 Å². The van der Waals surface area contributed by atoms with Gasteiger partial charge in [-0.1, -0.05) is 26.0 Å². The lowest BCUT2D eigenvalue weighted by molar-refractivity contribution is 0.0596. The molecule has 0 bridgehead atoms. The van der Waals surface area contributed by atoms with E-state index in [1.165, 1.54) is 11.1 Å². The number of benzene rings is 1. The van der Waals surface area contributed by atoms with Gasteiger partial charge in [0, 0.05) is 0 Å². The largest absolute Gasteiger partial charge is 0.487 e. The van der Waals surface area contributed by atoms with E-state index in [4.69, 9.17) is 4.74 Å². The first kappa shape index (κ1) is 12.4. The monoisotopic (exact) mass is 234 g/mol. The van der Waals surface area contributed by atoms with Crippen LogP contribution in [-0.4, -0.2) is 17.3 Å². The smallest absolute Gasteiger partial charge is 0.124 e. The first-order chi connectivity index (χ1) is 8.08. The number of hydrogen-bond acceptors (Lipinski definition) is 2. The number of ether oxygens (including phenoxy) is 1. The van der Waals surface area contributed by atoms with Crippen molar-refractivity contribution in [1.29, 1.82) is 0 Å². The Hall–Kier alpha value is -1.02. The molecule has 0 saturated heterocycles. The van der Waals surface area contributed by atoms with Gasteiger partial charge in [0.1, 0.15) is 11.9 Å².